The van der Waals surface area contributed by atoms with Gasteiger partial charge in [-0.3, -0.25) is 4.72 Å². The Morgan fingerprint density at radius 2 is 2.10 bits per heavy atom. The topological polar surface area (TPSA) is 81.4 Å². The molecule has 114 valence electrons. The van der Waals surface area contributed by atoms with Crippen LogP contribution in [-0.4, -0.2) is 15.5 Å². The molecular weight excluding hydrogens is 332 g/mol. The quantitative estimate of drug-likeness (QED) is 0.872. The average molecular weight is 347 g/mol. The summed E-state index contributed by atoms with van der Waals surface area (Å²) in [7, 11) is -2.24. The molecule has 0 radical (unpaired) electrons. The Balaban J connectivity index is 2.39. The van der Waals surface area contributed by atoms with E-state index in [-0.39, 0.29) is 4.21 Å². The van der Waals surface area contributed by atoms with Gasteiger partial charge in [-0.1, -0.05) is 11.6 Å². The number of nitrogens with one attached hydrogen (secondary N) is 1. The fourth-order valence-corrected chi connectivity index (χ4v) is 4.48. The zero-order chi connectivity index (χ0) is 15.6. The zero-order valence-corrected chi connectivity index (χ0v) is 13.9. The van der Waals surface area contributed by atoms with E-state index >= 15 is 0 Å². The number of nitrogens with two attached hydrogens (primary N) is 1. The van der Waals surface area contributed by atoms with Crippen LogP contribution >= 0.6 is 22.9 Å². The summed E-state index contributed by atoms with van der Waals surface area (Å²) in [5.41, 5.74) is 6.74. The number of halogens is 1. The van der Waals surface area contributed by atoms with Crippen molar-refractivity contribution in [3.8, 4) is 5.75 Å². The lowest BCUT2D eigenvalue weighted by atomic mass is 10.3. The summed E-state index contributed by atoms with van der Waals surface area (Å²) in [6, 6.07) is 6.33. The Morgan fingerprint density at radius 1 is 1.38 bits per heavy atom. The van der Waals surface area contributed by atoms with E-state index in [4.69, 9.17) is 22.1 Å². The van der Waals surface area contributed by atoms with Crippen LogP contribution < -0.4 is 15.2 Å². The average Bonchev–Trinajstić information content (AvgIpc) is 2.81. The Kier molecular flexibility index (Phi) is 4.77. The van der Waals surface area contributed by atoms with E-state index in [0.29, 0.717) is 23.0 Å². The van der Waals surface area contributed by atoms with Crippen LogP contribution in [0.15, 0.2) is 28.5 Å². The van der Waals surface area contributed by atoms with Crippen molar-refractivity contribution in [3.05, 3.63) is 39.7 Å². The summed E-state index contributed by atoms with van der Waals surface area (Å²) in [4.78, 5) is 0.841. The predicted molar refractivity (Wildman–Crippen MR) is 85.8 cm³/mol. The van der Waals surface area contributed by atoms with Crippen molar-refractivity contribution in [2.75, 3.05) is 11.8 Å². The molecule has 0 bridgehead atoms. The van der Waals surface area contributed by atoms with Crippen molar-refractivity contribution in [1.82, 2.24) is 0 Å². The molecule has 1 aromatic heterocycles. The lowest BCUT2D eigenvalue weighted by Gasteiger charge is -2.11. The van der Waals surface area contributed by atoms with Gasteiger partial charge in [0.05, 0.1) is 12.8 Å². The van der Waals surface area contributed by atoms with E-state index in [0.717, 1.165) is 21.8 Å². The molecule has 1 aromatic carbocycles. The van der Waals surface area contributed by atoms with Crippen LogP contribution in [-0.2, 0) is 16.6 Å². The van der Waals surface area contributed by atoms with Crippen molar-refractivity contribution in [3.63, 3.8) is 0 Å². The van der Waals surface area contributed by atoms with Gasteiger partial charge >= 0.3 is 0 Å². The van der Waals surface area contributed by atoms with Crippen molar-refractivity contribution >= 4 is 38.6 Å². The first-order chi connectivity index (χ1) is 9.87. The molecule has 0 saturated carbocycles. The van der Waals surface area contributed by atoms with Crippen molar-refractivity contribution in [2.45, 2.75) is 17.7 Å². The molecule has 8 heteroatoms. The third kappa shape index (κ3) is 3.49. The number of methoxy groups -OCH3 is 1. The second kappa shape index (κ2) is 6.23. The van der Waals surface area contributed by atoms with Gasteiger partial charge in [0.2, 0.25) is 0 Å². The van der Waals surface area contributed by atoms with Crippen LogP contribution in [0.3, 0.4) is 0 Å². The molecular formula is C13H15ClN2O3S2. The van der Waals surface area contributed by atoms with Gasteiger partial charge in [0.25, 0.3) is 10.0 Å². The molecule has 2 aromatic rings. The van der Waals surface area contributed by atoms with Crippen LogP contribution in [0, 0.1) is 6.92 Å². The molecule has 0 atom stereocenters. The maximum Gasteiger partial charge on any atom is 0.271 e. The first-order valence-corrected chi connectivity index (χ1v) is 8.71. The van der Waals surface area contributed by atoms with E-state index in [1.54, 1.807) is 18.2 Å². The molecule has 0 aliphatic rings. The number of benzene rings is 1. The molecule has 0 saturated heterocycles. The number of aryl methyl sites for hydroxylation is 1. The van der Waals surface area contributed by atoms with Gasteiger partial charge in [0.1, 0.15) is 9.96 Å². The van der Waals surface area contributed by atoms with Crippen molar-refractivity contribution in [2.24, 2.45) is 5.73 Å². The highest BCUT2D eigenvalue weighted by atomic mass is 35.5. The first kappa shape index (κ1) is 16.1. The van der Waals surface area contributed by atoms with Gasteiger partial charge in [-0.05, 0) is 36.8 Å². The number of ether oxygens (including phenoxy) is 1. The number of anilines is 1. The van der Waals surface area contributed by atoms with E-state index in [2.05, 4.69) is 4.72 Å². The van der Waals surface area contributed by atoms with Crippen LogP contribution in [0.5, 0.6) is 5.75 Å². The normalized spacial score (nSPS) is 11.4. The minimum atomic E-state index is -3.70. The highest BCUT2D eigenvalue weighted by Gasteiger charge is 2.20. The van der Waals surface area contributed by atoms with E-state index in [1.165, 1.54) is 13.2 Å². The molecule has 2 rings (SSSR count). The van der Waals surface area contributed by atoms with Gasteiger partial charge in [0.15, 0.2) is 0 Å². The SMILES string of the molecule is COc1ccc(Cl)cc1NS(=O)(=O)c1cc(C)c(CN)s1. The van der Waals surface area contributed by atoms with Crippen LogP contribution in [0.2, 0.25) is 5.02 Å². The molecule has 0 fully saturated rings. The van der Waals surface area contributed by atoms with Gasteiger partial charge in [-0.25, -0.2) is 8.42 Å². The summed E-state index contributed by atoms with van der Waals surface area (Å²) in [5.74, 6) is 0.398. The summed E-state index contributed by atoms with van der Waals surface area (Å²) >= 11 is 7.05. The van der Waals surface area contributed by atoms with Gasteiger partial charge in [0, 0.05) is 16.4 Å². The zero-order valence-electron chi connectivity index (χ0n) is 11.5. The predicted octanol–water partition coefficient (Wildman–Crippen LogP) is 2.98. The molecule has 0 spiro atoms. The van der Waals surface area contributed by atoms with Crippen LogP contribution in [0.25, 0.3) is 0 Å². The third-order valence-electron chi connectivity index (χ3n) is 2.85. The molecule has 3 N–H and O–H groups in total. The maximum atomic E-state index is 12.4. The molecule has 0 unspecified atom stereocenters. The smallest absolute Gasteiger partial charge is 0.271 e. The molecule has 21 heavy (non-hydrogen) atoms. The lowest BCUT2D eigenvalue weighted by molar-refractivity contribution is 0.417. The number of hydrogen-bond acceptors (Lipinski definition) is 5. The Labute approximate surface area is 132 Å². The van der Waals surface area contributed by atoms with E-state index < -0.39 is 10.0 Å². The maximum absolute atomic E-state index is 12.4. The summed E-state index contributed by atoms with van der Waals surface area (Å²) in [6.45, 7) is 2.14. The molecule has 1 heterocycles. The third-order valence-corrected chi connectivity index (χ3v) is 6.19. The van der Waals surface area contributed by atoms with Gasteiger partial charge in [-0.15, -0.1) is 11.3 Å². The molecule has 0 aliphatic carbocycles. The minimum absolute atomic E-state index is 0.211. The molecule has 0 amide bonds. The summed E-state index contributed by atoms with van der Waals surface area (Å²) < 4.78 is 32.7. The van der Waals surface area contributed by atoms with Crippen molar-refractivity contribution < 1.29 is 13.2 Å². The second-order valence-electron chi connectivity index (χ2n) is 4.33. The Morgan fingerprint density at radius 3 is 2.67 bits per heavy atom. The van der Waals surface area contributed by atoms with E-state index in [9.17, 15) is 8.42 Å². The first-order valence-electron chi connectivity index (χ1n) is 6.03. The highest BCUT2D eigenvalue weighted by Crippen LogP contribution is 2.32. The largest absolute Gasteiger partial charge is 0.495 e. The lowest BCUT2D eigenvalue weighted by Crippen LogP contribution is -2.12. The highest BCUT2D eigenvalue weighted by molar-refractivity contribution is 7.94. The van der Waals surface area contributed by atoms with Crippen LogP contribution in [0.4, 0.5) is 5.69 Å². The summed E-state index contributed by atoms with van der Waals surface area (Å²) in [5, 5.41) is 0.415. The number of sulfonamides is 1. The minimum Gasteiger partial charge on any atom is -0.495 e. The Bertz CT molecular complexity index is 757. The van der Waals surface area contributed by atoms with Gasteiger partial charge < -0.3 is 10.5 Å². The van der Waals surface area contributed by atoms with Crippen LogP contribution in [0.1, 0.15) is 10.4 Å². The summed E-state index contributed by atoms with van der Waals surface area (Å²) in [6.07, 6.45) is 0. The fourth-order valence-electron chi connectivity index (χ4n) is 1.78. The van der Waals surface area contributed by atoms with E-state index in [1.807, 2.05) is 6.92 Å². The molecule has 5 nitrogen and oxygen atoms in total. The monoisotopic (exact) mass is 346 g/mol. The standard InChI is InChI=1S/C13H15ClN2O3S2/c1-8-5-13(20-12(8)7-15)21(17,18)16-10-6-9(14)3-4-11(10)19-2/h3-6,16H,7,15H2,1-2H3. The van der Waals surface area contributed by atoms with Crippen molar-refractivity contribution in [1.29, 1.82) is 0 Å². The fraction of sp³-hybridized carbons (Fsp3) is 0.231. The number of thiophene rings is 1. The number of hydrogen-bond donors (Lipinski definition) is 2. The number of rotatable bonds is 5. The molecule has 0 aliphatic heterocycles. The second-order valence-corrected chi connectivity index (χ2v) is 7.81. The van der Waals surface area contributed by atoms with Gasteiger partial charge in [-0.2, -0.15) is 0 Å². The Hall–Kier alpha value is -1.28.